The van der Waals surface area contributed by atoms with E-state index in [1.54, 1.807) is 23.4 Å². The predicted octanol–water partition coefficient (Wildman–Crippen LogP) is 8.14. The van der Waals surface area contributed by atoms with Gasteiger partial charge in [0.2, 0.25) is 5.88 Å². The number of aromatic amines is 1. The number of carbonyl (C=O) groups is 1. The minimum atomic E-state index is -4.56. The van der Waals surface area contributed by atoms with Gasteiger partial charge in [-0.05, 0) is 118 Å². The number of aromatic nitrogens is 2. The predicted molar refractivity (Wildman–Crippen MR) is 248 cm³/mol. The number of hydrogen-bond acceptors (Lipinski definition) is 12. The number of benzene rings is 2. The van der Waals surface area contributed by atoms with Crippen molar-refractivity contribution in [2.75, 3.05) is 74.1 Å². The zero-order valence-electron chi connectivity index (χ0n) is 36.8. The third-order valence-electron chi connectivity index (χ3n) is 14.6. The Kier molecular flexibility index (Phi) is 10.9. The maximum atomic E-state index is 14.4. The summed E-state index contributed by atoms with van der Waals surface area (Å²) >= 11 is 6.78. The average Bonchev–Trinajstić information content (AvgIpc) is 3.71. The number of sulfonamides is 1. The summed E-state index contributed by atoms with van der Waals surface area (Å²) < 4.78 is 41.7. The molecule has 3 N–H and O–H groups in total. The van der Waals surface area contributed by atoms with Gasteiger partial charge in [0.05, 0.1) is 27.6 Å². The highest BCUT2D eigenvalue weighted by Crippen LogP contribution is 2.75. The number of hydrogen-bond donors (Lipinski definition) is 3. The fourth-order valence-corrected chi connectivity index (χ4v) is 12.8. The lowest BCUT2D eigenvalue weighted by molar-refractivity contribution is -0.384. The van der Waals surface area contributed by atoms with Crippen LogP contribution in [0.4, 0.5) is 28.4 Å². The van der Waals surface area contributed by atoms with Crippen molar-refractivity contribution in [2.24, 2.45) is 16.7 Å². The van der Waals surface area contributed by atoms with Gasteiger partial charge in [0.15, 0.2) is 0 Å². The zero-order valence-corrected chi connectivity index (χ0v) is 38.3. The second-order valence-corrected chi connectivity index (χ2v) is 22.4. The quantitative estimate of drug-likeness (QED) is 0.0540. The van der Waals surface area contributed by atoms with Crippen molar-refractivity contribution in [3.63, 3.8) is 0 Å². The van der Waals surface area contributed by atoms with Crippen molar-refractivity contribution in [2.45, 2.75) is 88.0 Å². The Hall–Kier alpha value is -4.90. The number of H-pyrrole nitrogens is 1. The molecule has 5 heterocycles. The summed E-state index contributed by atoms with van der Waals surface area (Å²) in [6.07, 6.45) is 10.0. The first-order valence-corrected chi connectivity index (χ1v) is 24.5. The lowest BCUT2D eigenvalue weighted by atomic mass is 9.39. The summed E-state index contributed by atoms with van der Waals surface area (Å²) in [6.45, 7) is 13.2. The van der Waals surface area contributed by atoms with Crippen molar-refractivity contribution in [1.82, 2.24) is 19.6 Å². The van der Waals surface area contributed by atoms with E-state index in [1.165, 1.54) is 18.6 Å². The number of nitrogens with zero attached hydrogens (tertiary/aromatic N) is 5. The highest BCUT2D eigenvalue weighted by atomic mass is 35.5. The monoisotopic (exact) mass is 912 g/mol. The van der Waals surface area contributed by atoms with Crippen molar-refractivity contribution in [3.05, 3.63) is 81.6 Å². The zero-order chi connectivity index (χ0) is 44.6. The third-order valence-corrected chi connectivity index (χ3v) is 16.3. The van der Waals surface area contributed by atoms with Gasteiger partial charge in [-0.2, -0.15) is 4.98 Å². The maximum Gasteiger partial charge on any atom is 0.293 e. The summed E-state index contributed by atoms with van der Waals surface area (Å²) in [7, 11) is -4.56. The number of carbonyl (C=O) groups excluding carboxylic acids is 1. The Morgan fingerprint density at radius 2 is 1.80 bits per heavy atom. The molecular weight excluding hydrogens is 856 g/mol. The Labute approximate surface area is 379 Å². The van der Waals surface area contributed by atoms with Gasteiger partial charge in [0, 0.05) is 80.7 Å². The maximum absolute atomic E-state index is 14.4. The normalized spacial score (nSPS) is 25.8. The minimum absolute atomic E-state index is 0.0404. The van der Waals surface area contributed by atoms with Gasteiger partial charge in [-0.25, -0.2) is 13.1 Å². The number of ether oxygens (including phenoxy) is 2. The molecule has 1 atom stereocenters. The van der Waals surface area contributed by atoms with Crippen LogP contribution in [0, 0.1) is 26.9 Å². The van der Waals surface area contributed by atoms with E-state index >= 15 is 0 Å². The van der Waals surface area contributed by atoms with Gasteiger partial charge in [-0.3, -0.25) is 19.8 Å². The van der Waals surface area contributed by atoms with Gasteiger partial charge < -0.3 is 29.6 Å². The number of piperazine rings is 1. The molecule has 3 saturated carbocycles. The summed E-state index contributed by atoms with van der Waals surface area (Å²) in [5.74, 6) is -0.194. The van der Waals surface area contributed by atoms with Crippen LogP contribution in [0.2, 0.25) is 0 Å². The molecule has 1 amide bonds. The number of nitrogens with one attached hydrogen (secondary N) is 3. The number of allylic oxidation sites excluding steroid dienone is 1. The van der Waals surface area contributed by atoms with Crippen molar-refractivity contribution >= 4 is 67.0 Å². The molecule has 2 bridgehead atoms. The third kappa shape index (κ3) is 8.19. The number of amides is 1. The van der Waals surface area contributed by atoms with Crippen molar-refractivity contribution in [1.29, 1.82) is 0 Å². The molecule has 2 aromatic heterocycles. The van der Waals surface area contributed by atoms with E-state index in [0.717, 1.165) is 94.8 Å². The van der Waals surface area contributed by atoms with E-state index in [2.05, 4.69) is 38.7 Å². The molecule has 2 saturated heterocycles. The first-order chi connectivity index (χ1) is 30.6. The molecule has 4 aliphatic carbocycles. The summed E-state index contributed by atoms with van der Waals surface area (Å²) in [5.41, 5.74) is 6.59. The van der Waals surface area contributed by atoms with Crippen LogP contribution in [-0.2, 0) is 14.8 Å². The largest absolute Gasteiger partial charge is 0.471 e. The first kappa shape index (κ1) is 43.0. The second kappa shape index (κ2) is 16.2. The molecule has 15 nitrogen and oxygen atoms in total. The molecule has 0 spiro atoms. The van der Waals surface area contributed by atoms with Crippen LogP contribution in [-0.4, -0.2) is 104 Å². The fraction of sp³-hybridized carbons (Fsp3) is 0.532. The number of anilines is 4. The molecule has 3 aliphatic heterocycles. The standard InChI is InChI=1S/C47H57ClN8O7S/c1-30-25-55(41-20-32-9-13-49-42(32)51-44(41)63-30)39-21-34(54-16-14-53(15-17-54)26-33-8-12-45(2,3)23-37(33)46-27-47(48,28-46)29-46)4-6-36(39)43(57)52-64(60,61)35-5-7-38(40(22-35)56(58)59)50-24-31-10-18-62-19-11-31/h4-7,9,13,20-22,30-31,50H,8,10-12,14-19,23-29H2,1-3H3,(H,49,51)(H,52,57)/t30-,46?,47?/m1/s1. The van der Waals surface area contributed by atoms with Gasteiger partial charge >= 0.3 is 0 Å². The summed E-state index contributed by atoms with van der Waals surface area (Å²) in [5, 5.41) is 16.2. The van der Waals surface area contributed by atoms with E-state index in [0.29, 0.717) is 60.0 Å². The number of halogens is 1. The van der Waals surface area contributed by atoms with E-state index in [4.69, 9.17) is 26.1 Å². The lowest BCUT2D eigenvalue weighted by Gasteiger charge is -2.70. The van der Waals surface area contributed by atoms with Gasteiger partial charge in [-0.1, -0.05) is 25.0 Å². The van der Waals surface area contributed by atoms with Crippen LogP contribution in [0.15, 0.2) is 70.8 Å². The van der Waals surface area contributed by atoms with Gasteiger partial charge in [0.1, 0.15) is 23.1 Å². The number of nitro groups is 1. The molecule has 11 rings (SSSR count). The van der Waals surface area contributed by atoms with Crippen LogP contribution < -0.4 is 24.6 Å². The van der Waals surface area contributed by atoms with E-state index < -0.39 is 31.4 Å². The number of nitro benzene ring substituents is 1. The van der Waals surface area contributed by atoms with Crippen molar-refractivity contribution in [3.8, 4) is 5.88 Å². The Balaban J connectivity index is 0.916. The number of pyridine rings is 1. The average molecular weight is 914 g/mol. The number of rotatable bonds is 12. The smallest absolute Gasteiger partial charge is 0.293 e. The topological polar surface area (TPSA) is 175 Å². The molecule has 340 valence electrons. The SMILES string of the molecule is C[C@@H]1CN(c2cc(N3CCN(CC4=C(C56CC(Cl)(C5)C6)CC(C)(C)CC4)CC3)ccc2C(=O)NS(=O)(=O)c2ccc(NCC3CCOCC3)c([N+](=O)[O-])c2)c2cc3cc[nH]c3nc2O1. The molecule has 0 unspecified atom stereocenters. The Bertz CT molecular complexity index is 2630. The van der Waals surface area contributed by atoms with Crippen LogP contribution in [0.3, 0.4) is 0 Å². The lowest BCUT2D eigenvalue weighted by Crippen LogP contribution is -2.65. The van der Waals surface area contributed by atoms with Crippen LogP contribution in [0.5, 0.6) is 5.88 Å². The van der Waals surface area contributed by atoms with Gasteiger partial charge in [-0.15, -0.1) is 11.6 Å². The molecule has 4 aromatic rings. The number of alkyl halides is 1. The van der Waals surface area contributed by atoms with Crippen LogP contribution >= 0.6 is 11.6 Å². The molecular formula is C47H57ClN8O7S. The summed E-state index contributed by atoms with van der Waals surface area (Å²) in [6, 6.07) is 13.0. The Morgan fingerprint density at radius 3 is 2.53 bits per heavy atom. The minimum Gasteiger partial charge on any atom is -0.471 e. The van der Waals surface area contributed by atoms with Gasteiger partial charge in [0.25, 0.3) is 21.6 Å². The van der Waals surface area contributed by atoms with E-state index in [1.807, 2.05) is 36.1 Å². The second-order valence-electron chi connectivity index (χ2n) is 19.9. The molecule has 7 aliphatic rings. The van der Waals surface area contributed by atoms with E-state index in [9.17, 15) is 23.3 Å². The summed E-state index contributed by atoms with van der Waals surface area (Å²) in [4.78, 5) is 40.4. The molecule has 5 fully saturated rings. The first-order valence-electron chi connectivity index (χ1n) is 22.7. The molecule has 2 aromatic carbocycles. The Morgan fingerprint density at radius 1 is 1.03 bits per heavy atom. The van der Waals surface area contributed by atoms with Crippen molar-refractivity contribution < 1.29 is 27.6 Å². The van der Waals surface area contributed by atoms with Crippen LogP contribution in [0.25, 0.3) is 11.0 Å². The highest BCUT2D eigenvalue weighted by Gasteiger charge is 2.69. The molecule has 64 heavy (non-hydrogen) atoms. The van der Waals surface area contributed by atoms with E-state index in [-0.39, 0.29) is 28.1 Å². The van der Waals surface area contributed by atoms with Crippen LogP contribution in [0.1, 0.15) is 82.5 Å². The highest BCUT2D eigenvalue weighted by molar-refractivity contribution is 7.90. The molecule has 0 radical (unpaired) electrons. The number of fused-ring (bicyclic) bond motifs is 2. The molecule has 17 heteroatoms. The fourth-order valence-electron chi connectivity index (χ4n) is 11.1.